The third-order valence-corrected chi connectivity index (χ3v) is 12.7. The Morgan fingerprint density at radius 1 is 0.253 bits per heavy atom. The molecule has 0 fully saturated rings. The van der Waals surface area contributed by atoms with E-state index in [2.05, 4.69) is 191 Å². The quantitative estimate of drug-likeness (QED) is 0.0261. The second kappa shape index (κ2) is 65.3. The van der Waals surface area contributed by atoms with E-state index in [1.165, 1.54) is 64.2 Å². The smallest absolute Gasteiger partial charge is 0.306 e. The molecule has 0 rings (SSSR count). The van der Waals surface area contributed by atoms with Crippen molar-refractivity contribution in [2.75, 3.05) is 13.2 Å². The molecule has 0 aromatic heterocycles. The van der Waals surface area contributed by atoms with Gasteiger partial charge in [0.1, 0.15) is 13.2 Å². The number of allylic oxidation sites excluding steroid dienone is 28. The summed E-state index contributed by atoms with van der Waals surface area (Å²) in [6, 6.07) is 0. The molecule has 0 radical (unpaired) electrons. The van der Waals surface area contributed by atoms with Gasteiger partial charge < -0.3 is 14.2 Å². The maximum atomic E-state index is 12.9. The maximum Gasteiger partial charge on any atom is 0.306 e. The number of rotatable bonds is 55. The zero-order chi connectivity index (χ0) is 57.1. The number of carbonyl (C=O) groups is 3. The zero-order valence-electron chi connectivity index (χ0n) is 50.6. The third kappa shape index (κ3) is 63.5. The first-order chi connectivity index (χ1) is 39.0. The van der Waals surface area contributed by atoms with Crippen molar-refractivity contribution in [3.63, 3.8) is 0 Å². The summed E-state index contributed by atoms with van der Waals surface area (Å²) in [5.41, 5.74) is 0. The fraction of sp³-hybridized carbons (Fsp3) is 0.575. The van der Waals surface area contributed by atoms with E-state index in [9.17, 15) is 14.4 Å². The van der Waals surface area contributed by atoms with Gasteiger partial charge in [-0.25, -0.2) is 0 Å². The van der Waals surface area contributed by atoms with Gasteiger partial charge in [0.2, 0.25) is 0 Å². The summed E-state index contributed by atoms with van der Waals surface area (Å²) in [6.45, 7) is 6.22. The molecule has 0 amide bonds. The molecule has 442 valence electrons. The molecule has 0 aromatic rings. The van der Waals surface area contributed by atoms with Crippen LogP contribution in [0.1, 0.15) is 252 Å². The first-order valence-corrected chi connectivity index (χ1v) is 31.6. The highest BCUT2D eigenvalue weighted by atomic mass is 16.6. The van der Waals surface area contributed by atoms with Gasteiger partial charge in [-0.2, -0.15) is 0 Å². The van der Waals surface area contributed by atoms with Gasteiger partial charge in [0.15, 0.2) is 6.10 Å². The molecule has 79 heavy (non-hydrogen) atoms. The van der Waals surface area contributed by atoms with Gasteiger partial charge in [0.05, 0.1) is 0 Å². The van der Waals surface area contributed by atoms with Crippen LogP contribution in [-0.2, 0) is 28.6 Å². The first kappa shape index (κ1) is 73.8. The minimum Gasteiger partial charge on any atom is -0.462 e. The van der Waals surface area contributed by atoms with Crippen LogP contribution in [0.3, 0.4) is 0 Å². The number of ether oxygens (including phenoxy) is 3. The normalized spacial score (nSPS) is 13.3. The van der Waals surface area contributed by atoms with Gasteiger partial charge in [0, 0.05) is 19.3 Å². The van der Waals surface area contributed by atoms with Crippen LogP contribution in [0.4, 0.5) is 0 Å². The molecule has 0 aromatic carbocycles. The maximum absolute atomic E-state index is 12.9. The SMILES string of the molecule is CC/C=C\C/C=C\C/C=C\C/C=C\C/C=C\C/C=C\CCCCC(=O)OC(COC(=O)CCCC/C=C\C/C=C\C/C=C\C/C=C\CC)COC(=O)CCCCCCCCCCCCCC/C=C\C/C=C\C/C=C\C/C=C\CC. The fourth-order valence-corrected chi connectivity index (χ4v) is 8.07. The van der Waals surface area contributed by atoms with E-state index in [-0.39, 0.29) is 44.0 Å². The Kier molecular flexibility index (Phi) is 61.0. The van der Waals surface area contributed by atoms with E-state index in [1.807, 2.05) is 0 Å². The van der Waals surface area contributed by atoms with Gasteiger partial charge in [-0.3, -0.25) is 14.4 Å². The second-order valence-corrected chi connectivity index (χ2v) is 20.2. The van der Waals surface area contributed by atoms with Crippen molar-refractivity contribution in [2.24, 2.45) is 0 Å². The van der Waals surface area contributed by atoms with Crippen molar-refractivity contribution in [2.45, 2.75) is 258 Å². The summed E-state index contributed by atoms with van der Waals surface area (Å²) in [7, 11) is 0. The Morgan fingerprint density at radius 3 is 0.734 bits per heavy atom. The lowest BCUT2D eigenvalue weighted by Crippen LogP contribution is -2.30. The number of carbonyl (C=O) groups excluding carboxylic acids is 3. The van der Waals surface area contributed by atoms with Gasteiger partial charge in [-0.15, -0.1) is 0 Å². The lowest BCUT2D eigenvalue weighted by atomic mass is 10.0. The van der Waals surface area contributed by atoms with Crippen molar-refractivity contribution < 1.29 is 28.6 Å². The van der Waals surface area contributed by atoms with Crippen LogP contribution in [0.2, 0.25) is 0 Å². The summed E-state index contributed by atoms with van der Waals surface area (Å²) in [5.74, 6) is -1.01. The molecule has 0 aliphatic carbocycles. The second-order valence-electron chi connectivity index (χ2n) is 20.2. The minimum atomic E-state index is -0.829. The van der Waals surface area contributed by atoms with Crippen molar-refractivity contribution in [3.05, 3.63) is 170 Å². The minimum absolute atomic E-state index is 0.118. The summed E-state index contributed by atoms with van der Waals surface area (Å²) in [4.78, 5) is 38.3. The van der Waals surface area contributed by atoms with Crippen molar-refractivity contribution in [1.82, 2.24) is 0 Å². The molecular weight excluding hydrogens is 973 g/mol. The average molecular weight is 1090 g/mol. The van der Waals surface area contributed by atoms with E-state index >= 15 is 0 Å². The van der Waals surface area contributed by atoms with Gasteiger partial charge in [0.25, 0.3) is 0 Å². The number of esters is 3. The Labute approximate surface area is 485 Å². The highest BCUT2D eigenvalue weighted by molar-refractivity contribution is 5.71. The molecule has 0 N–H and O–H groups in total. The third-order valence-electron chi connectivity index (χ3n) is 12.7. The van der Waals surface area contributed by atoms with Gasteiger partial charge >= 0.3 is 17.9 Å². The molecule has 6 nitrogen and oxygen atoms in total. The van der Waals surface area contributed by atoms with Crippen LogP contribution in [0.15, 0.2) is 170 Å². The van der Waals surface area contributed by atoms with Crippen molar-refractivity contribution >= 4 is 17.9 Å². The molecular formula is C73H114O6. The largest absolute Gasteiger partial charge is 0.462 e. The molecule has 0 aliphatic heterocycles. The van der Waals surface area contributed by atoms with Crippen LogP contribution in [0, 0.1) is 0 Å². The Hall–Kier alpha value is -5.23. The number of hydrogen-bond acceptors (Lipinski definition) is 6. The highest BCUT2D eigenvalue weighted by Gasteiger charge is 2.19. The highest BCUT2D eigenvalue weighted by Crippen LogP contribution is 2.15. The summed E-state index contributed by atoms with van der Waals surface area (Å²) in [6.07, 6.45) is 96.5. The van der Waals surface area contributed by atoms with E-state index in [1.54, 1.807) is 0 Å². The topological polar surface area (TPSA) is 78.9 Å². The lowest BCUT2D eigenvalue weighted by molar-refractivity contribution is -0.167. The van der Waals surface area contributed by atoms with Gasteiger partial charge in [-0.05, 0) is 148 Å². The van der Waals surface area contributed by atoms with Crippen LogP contribution in [0.5, 0.6) is 0 Å². The van der Waals surface area contributed by atoms with Crippen LogP contribution >= 0.6 is 0 Å². The van der Waals surface area contributed by atoms with Crippen LogP contribution in [-0.4, -0.2) is 37.2 Å². The number of hydrogen-bond donors (Lipinski definition) is 0. The Bertz CT molecular complexity index is 1820. The van der Waals surface area contributed by atoms with E-state index in [4.69, 9.17) is 14.2 Å². The van der Waals surface area contributed by atoms with E-state index < -0.39 is 6.10 Å². The van der Waals surface area contributed by atoms with Crippen LogP contribution in [0.25, 0.3) is 0 Å². The molecule has 0 heterocycles. The molecule has 0 spiro atoms. The fourth-order valence-electron chi connectivity index (χ4n) is 8.07. The molecule has 0 aliphatic rings. The molecule has 1 unspecified atom stereocenters. The number of unbranched alkanes of at least 4 members (excludes halogenated alkanes) is 16. The van der Waals surface area contributed by atoms with Crippen molar-refractivity contribution in [1.29, 1.82) is 0 Å². The lowest BCUT2D eigenvalue weighted by Gasteiger charge is -2.18. The standard InChI is InChI=1S/C73H114O6/c1-4-7-10-13-16-19-22-25-28-30-32-34-35-36-37-39-40-42-45-48-51-54-57-60-63-66-72(75)78-69-70(68-77-71(74)65-62-59-56-53-50-47-44-27-24-21-18-15-12-9-6-3)79-73(76)67-64-61-58-55-52-49-46-43-41-38-33-31-29-26-23-20-17-14-11-8-5-2/h7-12,16-21,25-29,32-34,38,43-44,46,50,52-53,55,70H,4-6,13-15,22-24,30-31,35-37,39-42,45,47-49,51,54,56-69H2,1-3H3/b10-7-,11-8-,12-9-,19-16-,20-17-,21-18-,28-25-,29-26-,34-32-,38-33-,44-27-,46-43-,53-50-,55-52-. The summed E-state index contributed by atoms with van der Waals surface area (Å²) < 4.78 is 16.8. The predicted molar refractivity (Wildman–Crippen MR) is 343 cm³/mol. The zero-order valence-corrected chi connectivity index (χ0v) is 50.6. The molecule has 0 saturated heterocycles. The molecule has 6 heteroatoms. The van der Waals surface area contributed by atoms with Crippen LogP contribution < -0.4 is 0 Å². The average Bonchev–Trinajstić information content (AvgIpc) is 3.45. The molecule has 0 bridgehead atoms. The monoisotopic (exact) mass is 1090 g/mol. The van der Waals surface area contributed by atoms with E-state index in [0.29, 0.717) is 19.3 Å². The Balaban J connectivity index is 4.49. The Morgan fingerprint density at radius 2 is 0.456 bits per heavy atom. The summed E-state index contributed by atoms with van der Waals surface area (Å²) in [5, 5.41) is 0. The predicted octanol–water partition coefficient (Wildman–Crippen LogP) is 21.9. The van der Waals surface area contributed by atoms with Crippen molar-refractivity contribution in [3.8, 4) is 0 Å². The van der Waals surface area contributed by atoms with Gasteiger partial charge in [-0.1, -0.05) is 255 Å². The molecule has 0 saturated carbocycles. The summed E-state index contributed by atoms with van der Waals surface area (Å²) >= 11 is 0. The molecule has 1 atom stereocenters. The first-order valence-electron chi connectivity index (χ1n) is 31.6. The van der Waals surface area contributed by atoms with E-state index in [0.717, 1.165) is 135 Å².